The van der Waals surface area contributed by atoms with Gasteiger partial charge in [-0.15, -0.1) is 11.3 Å². The van der Waals surface area contributed by atoms with E-state index in [2.05, 4.69) is 21.3 Å². The summed E-state index contributed by atoms with van der Waals surface area (Å²) in [6.45, 7) is 5.57. The van der Waals surface area contributed by atoms with E-state index in [0.717, 1.165) is 38.4 Å². The molecule has 0 spiro atoms. The van der Waals surface area contributed by atoms with E-state index in [0.29, 0.717) is 30.3 Å². The quantitative estimate of drug-likeness (QED) is 0.675. The van der Waals surface area contributed by atoms with Crippen LogP contribution in [0.15, 0.2) is 29.6 Å². The zero-order valence-corrected chi connectivity index (χ0v) is 17.0. The molecular weight excluding hydrogens is 393 g/mol. The van der Waals surface area contributed by atoms with Crippen LogP contribution < -0.4 is 5.32 Å². The van der Waals surface area contributed by atoms with Crippen molar-refractivity contribution in [3.8, 4) is 17.3 Å². The Hall–Kier alpha value is -2.38. The van der Waals surface area contributed by atoms with E-state index < -0.39 is 0 Å². The summed E-state index contributed by atoms with van der Waals surface area (Å²) in [6.07, 6.45) is 0.377. The van der Waals surface area contributed by atoms with Crippen LogP contribution in [0.25, 0.3) is 11.3 Å². The number of nitrogens with zero attached hydrogens (tertiary/aromatic N) is 4. The molecule has 0 bridgehead atoms. The average Bonchev–Trinajstić information content (AvgIpc) is 3.19. The molecule has 0 radical (unpaired) electrons. The highest BCUT2D eigenvalue weighted by Gasteiger charge is 2.16. The van der Waals surface area contributed by atoms with Gasteiger partial charge in [-0.1, -0.05) is 0 Å². The fourth-order valence-corrected chi connectivity index (χ4v) is 3.77. The monoisotopic (exact) mass is 417 g/mol. The van der Waals surface area contributed by atoms with Gasteiger partial charge in [-0.25, -0.2) is 9.37 Å². The van der Waals surface area contributed by atoms with Crippen LogP contribution in [0.1, 0.15) is 6.42 Å². The maximum Gasteiger partial charge on any atom is 0.240 e. The second kappa shape index (κ2) is 11.0. The summed E-state index contributed by atoms with van der Waals surface area (Å²) >= 11 is 1.33. The Kier molecular flexibility index (Phi) is 8.07. The largest absolute Gasteiger partial charge is 0.379 e. The zero-order valence-electron chi connectivity index (χ0n) is 16.1. The Morgan fingerprint density at radius 1 is 1.31 bits per heavy atom. The van der Waals surface area contributed by atoms with Crippen LogP contribution in [-0.2, 0) is 9.53 Å². The van der Waals surface area contributed by atoms with Gasteiger partial charge in [0.2, 0.25) is 5.91 Å². The third-order valence-corrected chi connectivity index (χ3v) is 5.39. The highest BCUT2D eigenvalue weighted by molar-refractivity contribution is 7.14. The summed E-state index contributed by atoms with van der Waals surface area (Å²) in [5, 5.41) is 14.0. The number of thiazole rings is 1. The molecule has 2 aromatic rings. The van der Waals surface area contributed by atoms with Gasteiger partial charge in [-0.05, 0) is 24.3 Å². The number of aromatic nitrogens is 1. The van der Waals surface area contributed by atoms with Crippen LogP contribution in [-0.4, -0.2) is 73.2 Å². The molecule has 154 valence electrons. The molecule has 1 aromatic heterocycles. The molecule has 3 rings (SSSR count). The average molecular weight is 418 g/mol. The van der Waals surface area contributed by atoms with Gasteiger partial charge in [0.05, 0.1) is 31.5 Å². The summed E-state index contributed by atoms with van der Waals surface area (Å²) < 4.78 is 18.4. The molecule has 1 fully saturated rings. The molecule has 1 aromatic carbocycles. The van der Waals surface area contributed by atoms with Crippen LogP contribution in [0.3, 0.4) is 0 Å². The number of nitrogens with one attached hydrogen (secondary N) is 1. The Labute approximate surface area is 173 Å². The van der Waals surface area contributed by atoms with Crippen molar-refractivity contribution in [3.05, 3.63) is 35.5 Å². The highest BCUT2D eigenvalue weighted by Crippen LogP contribution is 2.25. The smallest absolute Gasteiger partial charge is 0.240 e. The molecule has 1 aliphatic rings. The van der Waals surface area contributed by atoms with Crippen molar-refractivity contribution in [2.24, 2.45) is 0 Å². The molecular formula is C20H24FN5O2S. The predicted molar refractivity (Wildman–Crippen MR) is 110 cm³/mol. The summed E-state index contributed by atoms with van der Waals surface area (Å²) in [4.78, 5) is 21.2. The van der Waals surface area contributed by atoms with Gasteiger partial charge in [0.1, 0.15) is 5.82 Å². The van der Waals surface area contributed by atoms with Gasteiger partial charge >= 0.3 is 0 Å². The maximum absolute atomic E-state index is 13.1. The molecule has 0 aliphatic carbocycles. The highest BCUT2D eigenvalue weighted by atomic mass is 32.1. The van der Waals surface area contributed by atoms with E-state index in [1.165, 1.54) is 23.5 Å². The third kappa shape index (κ3) is 6.87. The minimum Gasteiger partial charge on any atom is -0.379 e. The third-order valence-electron chi connectivity index (χ3n) is 4.63. The first kappa shape index (κ1) is 21.3. The fourth-order valence-electron chi connectivity index (χ4n) is 3.03. The second-order valence-electron chi connectivity index (χ2n) is 6.73. The van der Waals surface area contributed by atoms with Crippen molar-refractivity contribution in [3.63, 3.8) is 0 Å². The Morgan fingerprint density at radius 2 is 2.07 bits per heavy atom. The van der Waals surface area contributed by atoms with Gasteiger partial charge in [-0.2, -0.15) is 5.26 Å². The first-order chi connectivity index (χ1) is 14.1. The lowest BCUT2D eigenvalue weighted by atomic mass is 10.2. The van der Waals surface area contributed by atoms with E-state index in [-0.39, 0.29) is 18.3 Å². The van der Waals surface area contributed by atoms with Crippen molar-refractivity contribution < 1.29 is 13.9 Å². The number of benzene rings is 1. The standard InChI is InChI=1S/C20H24FN5O2S/c21-17-4-2-16(3-5-17)18-15-29-20(23-18)24-19(27)14-26(7-1-6-22)9-8-25-10-12-28-13-11-25/h2-5,15H,1,7-14H2,(H,23,24,27). The van der Waals surface area contributed by atoms with E-state index in [1.54, 1.807) is 12.1 Å². The minimum absolute atomic E-state index is 0.162. The molecule has 7 nitrogen and oxygen atoms in total. The van der Waals surface area contributed by atoms with Crippen molar-refractivity contribution in [2.45, 2.75) is 6.42 Å². The normalized spacial score (nSPS) is 14.7. The Bertz CT molecular complexity index is 830. The summed E-state index contributed by atoms with van der Waals surface area (Å²) in [6, 6.07) is 8.22. The molecule has 1 amide bonds. The molecule has 1 aliphatic heterocycles. The summed E-state index contributed by atoms with van der Waals surface area (Å²) in [7, 11) is 0. The van der Waals surface area contributed by atoms with Crippen LogP contribution in [0.2, 0.25) is 0 Å². The Morgan fingerprint density at radius 3 is 2.79 bits per heavy atom. The number of rotatable bonds is 9. The lowest BCUT2D eigenvalue weighted by Gasteiger charge is -2.29. The number of morpholine rings is 1. The topological polar surface area (TPSA) is 81.5 Å². The molecule has 0 unspecified atom stereocenters. The number of anilines is 1. The van der Waals surface area contributed by atoms with Crippen LogP contribution in [0, 0.1) is 17.1 Å². The lowest BCUT2D eigenvalue weighted by molar-refractivity contribution is -0.117. The number of halogens is 1. The van der Waals surface area contributed by atoms with Crippen LogP contribution in [0.4, 0.5) is 9.52 Å². The van der Waals surface area contributed by atoms with Crippen molar-refractivity contribution in [2.75, 3.05) is 57.8 Å². The first-order valence-corrected chi connectivity index (χ1v) is 10.4. The first-order valence-electron chi connectivity index (χ1n) is 9.55. The number of hydrogen-bond donors (Lipinski definition) is 1. The zero-order chi connectivity index (χ0) is 20.5. The molecule has 1 saturated heterocycles. The minimum atomic E-state index is -0.299. The van der Waals surface area contributed by atoms with E-state index >= 15 is 0 Å². The van der Waals surface area contributed by atoms with Crippen molar-refractivity contribution in [1.82, 2.24) is 14.8 Å². The SMILES string of the molecule is N#CCCN(CCN1CCOCC1)CC(=O)Nc1nc(-c2ccc(F)cc2)cs1. The predicted octanol–water partition coefficient (Wildman–Crippen LogP) is 2.44. The van der Waals surface area contributed by atoms with Gasteiger partial charge in [0, 0.05) is 50.1 Å². The van der Waals surface area contributed by atoms with Crippen LogP contribution in [0.5, 0.6) is 0 Å². The van der Waals surface area contributed by atoms with Crippen LogP contribution >= 0.6 is 11.3 Å². The maximum atomic E-state index is 13.1. The molecule has 2 heterocycles. The van der Waals surface area contributed by atoms with Crippen molar-refractivity contribution in [1.29, 1.82) is 5.26 Å². The van der Waals surface area contributed by atoms with E-state index in [9.17, 15) is 9.18 Å². The number of hydrogen-bond acceptors (Lipinski definition) is 7. The van der Waals surface area contributed by atoms with E-state index in [1.807, 2.05) is 10.3 Å². The summed E-state index contributed by atoms with van der Waals surface area (Å²) in [5.41, 5.74) is 1.49. The lowest BCUT2D eigenvalue weighted by Crippen LogP contribution is -2.43. The number of amides is 1. The molecule has 1 N–H and O–H groups in total. The number of nitriles is 1. The number of carbonyl (C=O) groups is 1. The van der Waals surface area contributed by atoms with Gasteiger partial charge in [-0.3, -0.25) is 14.6 Å². The van der Waals surface area contributed by atoms with Gasteiger partial charge in [0.15, 0.2) is 5.13 Å². The number of ether oxygens (including phenoxy) is 1. The molecule has 29 heavy (non-hydrogen) atoms. The van der Waals surface area contributed by atoms with Gasteiger partial charge in [0.25, 0.3) is 0 Å². The summed E-state index contributed by atoms with van der Waals surface area (Å²) in [5.74, 6) is -0.461. The van der Waals surface area contributed by atoms with Gasteiger partial charge < -0.3 is 10.1 Å². The fraction of sp³-hybridized carbons (Fsp3) is 0.450. The Balaban J connectivity index is 1.52. The number of carbonyl (C=O) groups excluding carboxylic acids is 1. The van der Waals surface area contributed by atoms with Crippen molar-refractivity contribution >= 4 is 22.4 Å². The molecule has 9 heteroatoms. The van der Waals surface area contributed by atoms with E-state index in [4.69, 9.17) is 10.00 Å². The second-order valence-corrected chi connectivity index (χ2v) is 7.59. The molecule has 0 saturated carbocycles. The molecule has 0 atom stereocenters.